The molecule has 0 amide bonds. The lowest BCUT2D eigenvalue weighted by atomic mass is 9.87. The van der Waals surface area contributed by atoms with E-state index in [2.05, 4.69) is 46.0 Å². The lowest BCUT2D eigenvalue weighted by molar-refractivity contribution is 0.497. The second-order valence-electron chi connectivity index (χ2n) is 4.56. The maximum absolute atomic E-state index is 3.23. The molecule has 12 heavy (non-hydrogen) atoms. The highest BCUT2D eigenvalue weighted by atomic mass is 14.8. The van der Waals surface area contributed by atoms with Crippen molar-refractivity contribution in [2.45, 2.75) is 47.1 Å². The number of allylic oxidation sites excluding steroid dienone is 1. The van der Waals surface area contributed by atoms with Crippen LogP contribution in [0.25, 0.3) is 0 Å². The Labute approximate surface area is 77.2 Å². The highest BCUT2D eigenvalue weighted by Gasteiger charge is 2.11. The van der Waals surface area contributed by atoms with Crippen LogP contribution < -0.4 is 5.32 Å². The molecular weight excluding hydrogens is 146 g/mol. The van der Waals surface area contributed by atoms with E-state index in [0.29, 0.717) is 11.5 Å². The van der Waals surface area contributed by atoms with Crippen LogP contribution in [0.5, 0.6) is 0 Å². The van der Waals surface area contributed by atoms with Crippen LogP contribution >= 0.6 is 0 Å². The van der Waals surface area contributed by atoms with Crippen LogP contribution in [0.15, 0.2) is 11.6 Å². The molecule has 0 radical (unpaired) electrons. The van der Waals surface area contributed by atoms with Crippen LogP contribution in [0.2, 0.25) is 0 Å². The summed E-state index contributed by atoms with van der Waals surface area (Å²) in [5.74, 6) is 0. The Morgan fingerprint density at radius 1 is 1.42 bits per heavy atom. The molecule has 0 aliphatic carbocycles. The van der Waals surface area contributed by atoms with Crippen molar-refractivity contribution in [3.05, 3.63) is 11.6 Å². The van der Waals surface area contributed by atoms with Crippen LogP contribution in [0.3, 0.4) is 0 Å². The summed E-state index contributed by atoms with van der Waals surface area (Å²) in [6.45, 7) is 11.2. The lowest BCUT2D eigenvalue weighted by Crippen LogP contribution is -2.20. The van der Waals surface area contributed by atoms with Gasteiger partial charge in [0.15, 0.2) is 0 Å². The highest BCUT2D eigenvalue weighted by Crippen LogP contribution is 2.24. The van der Waals surface area contributed by atoms with Gasteiger partial charge in [-0.1, -0.05) is 32.4 Å². The minimum absolute atomic E-state index is 0.327. The van der Waals surface area contributed by atoms with E-state index in [4.69, 9.17) is 0 Å². The minimum atomic E-state index is 0.327. The Balaban J connectivity index is 4.01. The van der Waals surface area contributed by atoms with E-state index in [1.54, 1.807) is 0 Å². The van der Waals surface area contributed by atoms with Crippen molar-refractivity contribution in [2.75, 3.05) is 7.05 Å². The molecule has 0 spiro atoms. The molecule has 0 aliphatic heterocycles. The zero-order chi connectivity index (χ0) is 9.78. The molecule has 1 heteroatoms. The third-order valence-electron chi connectivity index (χ3n) is 2.45. The number of hydrogen-bond acceptors (Lipinski definition) is 1. The Hall–Kier alpha value is -0.300. The van der Waals surface area contributed by atoms with Gasteiger partial charge in [-0.05, 0) is 32.7 Å². The van der Waals surface area contributed by atoms with Crippen LogP contribution in [0, 0.1) is 5.41 Å². The monoisotopic (exact) mass is 169 g/mol. The van der Waals surface area contributed by atoms with Gasteiger partial charge < -0.3 is 5.32 Å². The summed E-state index contributed by atoms with van der Waals surface area (Å²) in [4.78, 5) is 0. The third kappa shape index (κ3) is 4.55. The second kappa shape index (κ2) is 4.66. The van der Waals surface area contributed by atoms with Gasteiger partial charge in [-0.15, -0.1) is 0 Å². The van der Waals surface area contributed by atoms with Gasteiger partial charge in [0, 0.05) is 6.04 Å². The summed E-state index contributed by atoms with van der Waals surface area (Å²) in [6.07, 6.45) is 3.46. The Kier molecular flexibility index (Phi) is 4.54. The van der Waals surface area contributed by atoms with Gasteiger partial charge in [-0.2, -0.15) is 0 Å². The van der Waals surface area contributed by atoms with Gasteiger partial charge >= 0.3 is 0 Å². The van der Waals surface area contributed by atoms with E-state index in [-0.39, 0.29) is 0 Å². The Morgan fingerprint density at radius 3 is 2.25 bits per heavy atom. The molecule has 1 N–H and O–H groups in total. The predicted octanol–water partition coefficient (Wildman–Crippen LogP) is 2.98. The number of nitrogens with one attached hydrogen (secondary N) is 1. The maximum atomic E-state index is 3.23. The zero-order valence-corrected chi connectivity index (χ0v) is 9.36. The molecule has 0 bridgehead atoms. The molecule has 72 valence electrons. The summed E-state index contributed by atoms with van der Waals surface area (Å²) < 4.78 is 0. The topological polar surface area (TPSA) is 12.0 Å². The van der Waals surface area contributed by atoms with Gasteiger partial charge in [0.05, 0.1) is 0 Å². The van der Waals surface area contributed by atoms with Crippen LogP contribution in [0.4, 0.5) is 0 Å². The summed E-state index contributed by atoms with van der Waals surface area (Å²) in [7, 11) is 2.00. The largest absolute Gasteiger partial charge is 0.317 e. The first-order chi connectivity index (χ1) is 5.38. The van der Waals surface area contributed by atoms with E-state index in [1.165, 1.54) is 5.57 Å². The highest BCUT2D eigenvalue weighted by molar-refractivity contribution is 5.07. The molecule has 1 nitrogen and oxygen atoms in total. The van der Waals surface area contributed by atoms with Crippen molar-refractivity contribution in [1.29, 1.82) is 0 Å². The van der Waals surface area contributed by atoms with Gasteiger partial charge in [0.2, 0.25) is 0 Å². The smallest absolute Gasteiger partial charge is 0.00703 e. The van der Waals surface area contributed by atoms with Gasteiger partial charge in [0.25, 0.3) is 0 Å². The predicted molar refractivity (Wildman–Crippen MR) is 56.4 cm³/mol. The van der Waals surface area contributed by atoms with Crippen molar-refractivity contribution in [3.8, 4) is 0 Å². The fourth-order valence-corrected chi connectivity index (χ4v) is 0.778. The first-order valence-corrected chi connectivity index (χ1v) is 4.72. The zero-order valence-electron chi connectivity index (χ0n) is 9.36. The van der Waals surface area contributed by atoms with E-state index < -0.39 is 0 Å². The van der Waals surface area contributed by atoms with Gasteiger partial charge in [0.1, 0.15) is 0 Å². The van der Waals surface area contributed by atoms with Crippen molar-refractivity contribution >= 4 is 0 Å². The van der Waals surface area contributed by atoms with Crippen molar-refractivity contribution in [3.63, 3.8) is 0 Å². The van der Waals surface area contributed by atoms with Gasteiger partial charge in [-0.3, -0.25) is 0 Å². The molecular formula is C11H23N. The molecule has 0 heterocycles. The minimum Gasteiger partial charge on any atom is -0.317 e. The number of hydrogen-bond donors (Lipinski definition) is 1. The summed E-state index contributed by atoms with van der Waals surface area (Å²) in [5.41, 5.74) is 1.80. The quantitative estimate of drug-likeness (QED) is 0.640. The third-order valence-corrected chi connectivity index (χ3v) is 2.45. The summed E-state index contributed by atoms with van der Waals surface area (Å²) in [5, 5.41) is 3.23. The standard InChI is InChI=1S/C11H23N/c1-9(11(3,4)5)7-8-10(2)12-6/h7,10,12H,8H2,1-6H3/b9-7+. The summed E-state index contributed by atoms with van der Waals surface area (Å²) >= 11 is 0. The van der Waals surface area contributed by atoms with E-state index in [0.717, 1.165) is 6.42 Å². The van der Waals surface area contributed by atoms with Crippen LogP contribution in [-0.4, -0.2) is 13.1 Å². The first kappa shape index (κ1) is 11.7. The molecule has 0 aromatic heterocycles. The average molecular weight is 169 g/mol. The Morgan fingerprint density at radius 2 is 1.92 bits per heavy atom. The molecule has 0 aliphatic rings. The normalized spacial score (nSPS) is 16.3. The van der Waals surface area contributed by atoms with Crippen LogP contribution in [0.1, 0.15) is 41.0 Å². The fourth-order valence-electron chi connectivity index (χ4n) is 0.778. The van der Waals surface area contributed by atoms with Crippen molar-refractivity contribution < 1.29 is 0 Å². The summed E-state index contributed by atoms with van der Waals surface area (Å²) in [6, 6.07) is 0.585. The SMILES string of the molecule is CNC(C)C/C=C(\C)C(C)(C)C. The molecule has 0 rings (SSSR count). The van der Waals surface area contributed by atoms with E-state index in [9.17, 15) is 0 Å². The first-order valence-electron chi connectivity index (χ1n) is 4.72. The molecule has 1 unspecified atom stereocenters. The average Bonchev–Trinajstić information content (AvgIpc) is 1.97. The molecule has 0 aromatic rings. The fraction of sp³-hybridized carbons (Fsp3) is 0.818. The maximum Gasteiger partial charge on any atom is 0.00703 e. The van der Waals surface area contributed by atoms with E-state index in [1.807, 2.05) is 7.05 Å². The van der Waals surface area contributed by atoms with Crippen LogP contribution in [-0.2, 0) is 0 Å². The molecule has 0 saturated carbocycles. The molecule has 0 aromatic carbocycles. The van der Waals surface area contributed by atoms with E-state index >= 15 is 0 Å². The molecule has 0 fully saturated rings. The van der Waals surface area contributed by atoms with Crippen molar-refractivity contribution in [1.82, 2.24) is 5.32 Å². The number of rotatable bonds is 3. The lowest BCUT2D eigenvalue weighted by Gasteiger charge is -2.20. The molecule has 0 saturated heterocycles. The van der Waals surface area contributed by atoms with Gasteiger partial charge in [-0.25, -0.2) is 0 Å². The second-order valence-corrected chi connectivity index (χ2v) is 4.56. The molecule has 1 atom stereocenters. The Bertz CT molecular complexity index is 151. The van der Waals surface area contributed by atoms with Crippen molar-refractivity contribution in [2.24, 2.45) is 5.41 Å².